The van der Waals surface area contributed by atoms with Crippen molar-refractivity contribution in [1.82, 2.24) is 4.98 Å². The number of hydrogen-bond donors (Lipinski definition) is 3. The van der Waals surface area contributed by atoms with Gasteiger partial charge in [0.05, 0.1) is 11.4 Å². The number of sulfonamides is 1. The van der Waals surface area contributed by atoms with Gasteiger partial charge in [-0.1, -0.05) is 0 Å². The highest BCUT2D eigenvalue weighted by atomic mass is 32.2. The molecule has 114 valence electrons. The molecule has 10 heteroatoms. The van der Waals surface area contributed by atoms with E-state index in [0.717, 1.165) is 6.20 Å². The minimum Gasteiger partial charge on any atom is -0.478 e. The van der Waals surface area contributed by atoms with Crippen LogP contribution in [0.1, 0.15) is 28.9 Å². The molecular formula is C10H13F3N2O4S. The number of rotatable bonds is 6. The Morgan fingerprint density at radius 1 is 1.45 bits per heavy atom. The Hall–Kier alpha value is -1.71. The number of hydrogen-bond acceptors (Lipinski definition) is 3. The van der Waals surface area contributed by atoms with Crippen LogP contribution in [0.15, 0.2) is 6.20 Å². The van der Waals surface area contributed by atoms with E-state index in [1.165, 1.54) is 6.92 Å². The standard InChI is InChI=1S/C10H13F3N2O4S/c1-6-8(9(16)17)7(5-14-6)15-20(18,19)4-2-3-10(11,12)13/h5,14-15H,2-4H2,1H3,(H,16,17). The molecule has 0 saturated carbocycles. The predicted octanol–water partition coefficient (Wildman–Crippen LogP) is 2.11. The average Bonchev–Trinajstić information content (AvgIpc) is 2.56. The number of aryl methyl sites for hydroxylation is 1. The van der Waals surface area contributed by atoms with Crippen molar-refractivity contribution in [1.29, 1.82) is 0 Å². The highest BCUT2D eigenvalue weighted by Crippen LogP contribution is 2.23. The van der Waals surface area contributed by atoms with Crippen LogP contribution < -0.4 is 4.72 Å². The van der Waals surface area contributed by atoms with E-state index in [2.05, 4.69) is 4.98 Å². The van der Waals surface area contributed by atoms with E-state index in [1.807, 2.05) is 4.72 Å². The van der Waals surface area contributed by atoms with Crippen LogP contribution in [0.2, 0.25) is 0 Å². The summed E-state index contributed by atoms with van der Waals surface area (Å²) in [6, 6.07) is 0. The third-order valence-electron chi connectivity index (χ3n) is 2.43. The Kier molecular flexibility index (Phi) is 4.69. The zero-order valence-electron chi connectivity index (χ0n) is 10.4. The van der Waals surface area contributed by atoms with E-state index in [0.29, 0.717) is 0 Å². The summed E-state index contributed by atoms with van der Waals surface area (Å²) in [5.74, 6) is -2.08. The van der Waals surface area contributed by atoms with E-state index in [-0.39, 0.29) is 16.9 Å². The third kappa shape index (κ3) is 4.76. The van der Waals surface area contributed by atoms with Gasteiger partial charge in [0.1, 0.15) is 5.56 Å². The molecule has 1 rings (SSSR count). The molecular weight excluding hydrogens is 301 g/mol. The maximum absolute atomic E-state index is 11.9. The number of nitrogens with one attached hydrogen (secondary N) is 2. The SMILES string of the molecule is Cc1[nH]cc(NS(=O)(=O)CCCC(F)(F)F)c1C(=O)O. The van der Waals surface area contributed by atoms with Crippen molar-refractivity contribution in [2.45, 2.75) is 25.9 Å². The zero-order valence-corrected chi connectivity index (χ0v) is 11.2. The molecule has 0 atom stereocenters. The van der Waals surface area contributed by atoms with E-state index in [4.69, 9.17) is 5.11 Å². The number of aromatic amines is 1. The summed E-state index contributed by atoms with van der Waals surface area (Å²) >= 11 is 0. The van der Waals surface area contributed by atoms with Crippen molar-refractivity contribution in [3.63, 3.8) is 0 Å². The lowest BCUT2D eigenvalue weighted by Gasteiger charge is -2.09. The van der Waals surface area contributed by atoms with Crippen molar-refractivity contribution in [2.75, 3.05) is 10.5 Å². The average molecular weight is 314 g/mol. The van der Waals surface area contributed by atoms with Gasteiger partial charge < -0.3 is 10.1 Å². The largest absolute Gasteiger partial charge is 0.478 e. The van der Waals surface area contributed by atoms with Crippen molar-refractivity contribution >= 4 is 21.7 Å². The summed E-state index contributed by atoms with van der Waals surface area (Å²) in [5.41, 5.74) is -0.211. The van der Waals surface area contributed by atoms with E-state index in [9.17, 15) is 26.4 Å². The second kappa shape index (κ2) is 5.73. The Morgan fingerprint density at radius 2 is 2.05 bits per heavy atom. The molecule has 1 heterocycles. The molecule has 0 radical (unpaired) electrons. The fraction of sp³-hybridized carbons (Fsp3) is 0.500. The van der Waals surface area contributed by atoms with E-state index >= 15 is 0 Å². The molecule has 0 aliphatic rings. The monoisotopic (exact) mass is 314 g/mol. The molecule has 0 unspecified atom stereocenters. The zero-order chi connectivity index (χ0) is 15.6. The van der Waals surface area contributed by atoms with Crippen LogP contribution in [-0.4, -0.2) is 36.4 Å². The molecule has 1 aromatic rings. The molecule has 0 aliphatic heterocycles. The van der Waals surface area contributed by atoms with Crippen molar-refractivity contribution in [3.8, 4) is 0 Å². The topological polar surface area (TPSA) is 99.3 Å². The maximum atomic E-state index is 11.9. The molecule has 0 fully saturated rings. The van der Waals surface area contributed by atoms with Crippen LogP contribution in [-0.2, 0) is 10.0 Å². The Balaban J connectivity index is 2.75. The lowest BCUT2D eigenvalue weighted by Crippen LogP contribution is -2.19. The van der Waals surface area contributed by atoms with Crippen molar-refractivity contribution < 1.29 is 31.5 Å². The van der Waals surface area contributed by atoms with Gasteiger partial charge in [-0.25, -0.2) is 13.2 Å². The minimum absolute atomic E-state index is 0.193. The molecule has 1 aromatic heterocycles. The van der Waals surface area contributed by atoms with Gasteiger partial charge in [-0.15, -0.1) is 0 Å². The summed E-state index contributed by atoms with van der Waals surface area (Å²) in [6.07, 6.45) is -5.09. The quantitative estimate of drug-likeness (QED) is 0.748. The fourth-order valence-electron chi connectivity index (χ4n) is 1.56. The Morgan fingerprint density at radius 3 is 2.55 bits per heavy atom. The third-order valence-corrected chi connectivity index (χ3v) is 3.79. The Bertz CT molecular complexity index is 592. The first kappa shape index (κ1) is 16.3. The number of halogens is 3. The molecule has 0 aliphatic carbocycles. The maximum Gasteiger partial charge on any atom is 0.389 e. The minimum atomic E-state index is -4.42. The summed E-state index contributed by atoms with van der Waals surface area (Å²) in [7, 11) is -4.03. The van der Waals surface area contributed by atoms with Gasteiger partial charge in [0.2, 0.25) is 10.0 Å². The second-order valence-electron chi connectivity index (χ2n) is 4.15. The fourth-order valence-corrected chi connectivity index (χ4v) is 2.69. The Labute approximate surface area is 113 Å². The number of aromatic nitrogens is 1. The van der Waals surface area contributed by atoms with Gasteiger partial charge in [0.25, 0.3) is 0 Å². The van der Waals surface area contributed by atoms with Crippen LogP contribution >= 0.6 is 0 Å². The summed E-state index contributed by atoms with van der Waals surface area (Å²) in [4.78, 5) is 13.5. The van der Waals surface area contributed by atoms with E-state index in [1.54, 1.807) is 0 Å². The highest BCUT2D eigenvalue weighted by Gasteiger charge is 2.28. The van der Waals surface area contributed by atoms with Crippen molar-refractivity contribution in [3.05, 3.63) is 17.5 Å². The van der Waals surface area contributed by atoms with Gasteiger partial charge in [0.15, 0.2) is 0 Å². The summed E-state index contributed by atoms with van der Waals surface area (Å²) < 4.78 is 60.9. The van der Waals surface area contributed by atoms with Crippen LogP contribution in [0.5, 0.6) is 0 Å². The van der Waals surface area contributed by atoms with Crippen LogP contribution in [0.4, 0.5) is 18.9 Å². The molecule has 0 spiro atoms. The lowest BCUT2D eigenvalue weighted by molar-refractivity contribution is -0.134. The smallest absolute Gasteiger partial charge is 0.389 e. The number of carboxylic acid groups (broad SMARTS) is 1. The first-order valence-electron chi connectivity index (χ1n) is 5.50. The number of aromatic carboxylic acids is 1. The van der Waals surface area contributed by atoms with Crippen LogP contribution in [0.3, 0.4) is 0 Å². The number of anilines is 1. The molecule has 0 amide bonds. The molecule has 0 bridgehead atoms. The van der Waals surface area contributed by atoms with Gasteiger partial charge in [-0.05, 0) is 13.3 Å². The lowest BCUT2D eigenvalue weighted by atomic mass is 10.2. The van der Waals surface area contributed by atoms with Gasteiger partial charge in [0, 0.05) is 18.3 Å². The molecule has 0 saturated heterocycles. The first-order chi connectivity index (χ1) is 9.02. The summed E-state index contributed by atoms with van der Waals surface area (Å²) in [5, 5.41) is 8.91. The highest BCUT2D eigenvalue weighted by molar-refractivity contribution is 7.92. The molecule has 6 nitrogen and oxygen atoms in total. The number of carbonyl (C=O) groups is 1. The predicted molar refractivity (Wildman–Crippen MR) is 65.2 cm³/mol. The number of H-pyrrole nitrogens is 1. The normalized spacial score (nSPS) is 12.4. The molecule has 0 aromatic carbocycles. The van der Waals surface area contributed by atoms with Gasteiger partial charge in [-0.3, -0.25) is 4.72 Å². The van der Waals surface area contributed by atoms with Crippen LogP contribution in [0.25, 0.3) is 0 Å². The second-order valence-corrected chi connectivity index (χ2v) is 5.99. The van der Waals surface area contributed by atoms with Crippen LogP contribution in [0, 0.1) is 6.92 Å². The molecule has 20 heavy (non-hydrogen) atoms. The van der Waals surface area contributed by atoms with E-state index < -0.39 is 40.8 Å². The number of carboxylic acids is 1. The van der Waals surface area contributed by atoms with Crippen molar-refractivity contribution in [2.24, 2.45) is 0 Å². The number of alkyl halides is 3. The first-order valence-corrected chi connectivity index (χ1v) is 7.15. The van der Waals surface area contributed by atoms with Gasteiger partial charge >= 0.3 is 12.1 Å². The van der Waals surface area contributed by atoms with Gasteiger partial charge in [-0.2, -0.15) is 13.2 Å². The molecule has 3 N–H and O–H groups in total. The summed E-state index contributed by atoms with van der Waals surface area (Å²) in [6.45, 7) is 1.44.